The summed E-state index contributed by atoms with van der Waals surface area (Å²) in [6, 6.07) is 21.9. The van der Waals surface area contributed by atoms with Crippen molar-refractivity contribution in [2.24, 2.45) is 0 Å². The van der Waals surface area contributed by atoms with Gasteiger partial charge in [0.15, 0.2) is 0 Å². The zero-order valence-corrected chi connectivity index (χ0v) is 26.7. The highest BCUT2D eigenvalue weighted by Gasteiger charge is 2.47. The summed E-state index contributed by atoms with van der Waals surface area (Å²) in [6.45, 7) is 1.91. The fraction of sp³-hybridized carbons (Fsp3) is 0.351. The number of nitrogens with zero attached hydrogens (tertiary/aromatic N) is 3. The lowest BCUT2D eigenvalue weighted by atomic mass is 9.73. The Morgan fingerprint density at radius 3 is 2.57 bits per heavy atom. The number of pyridine rings is 1. The predicted octanol–water partition coefficient (Wildman–Crippen LogP) is 6.10. The molecule has 1 spiro atoms. The van der Waals surface area contributed by atoms with Crippen molar-refractivity contribution in [1.29, 1.82) is 5.26 Å². The average Bonchev–Trinajstić information content (AvgIpc) is 3.38. The third-order valence-corrected chi connectivity index (χ3v) is 9.39. The lowest BCUT2D eigenvalue weighted by molar-refractivity contribution is -0.143. The van der Waals surface area contributed by atoms with Crippen LogP contribution in [0.1, 0.15) is 54.0 Å². The van der Waals surface area contributed by atoms with Gasteiger partial charge in [0.2, 0.25) is 0 Å². The van der Waals surface area contributed by atoms with Crippen LogP contribution in [0.15, 0.2) is 66.9 Å². The number of methoxy groups -OCH3 is 2. The van der Waals surface area contributed by atoms with Gasteiger partial charge >= 0.3 is 12.1 Å². The Hall–Kier alpha value is -5.14. The summed E-state index contributed by atoms with van der Waals surface area (Å²) in [7, 11) is 3.01. The number of fused-ring (bicyclic) bond motifs is 3. The Labute approximate surface area is 274 Å². The second-order valence-corrected chi connectivity index (χ2v) is 12.2. The monoisotopic (exact) mass is 634 g/mol. The van der Waals surface area contributed by atoms with Crippen molar-refractivity contribution >= 4 is 28.7 Å². The summed E-state index contributed by atoms with van der Waals surface area (Å²) < 4.78 is 22.3. The van der Waals surface area contributed by atoms with Crippen molar-refractivity contribution in [3.05, 3.63) is 89.1 Å². The highest BCUT2D eigenvalue weighted by molar-refractivity contribution is 5.94. The lowest BCUT2D eigenvalue weighted by Crippen LogP contribution is -2.44. The molecule has 2 heterocycles. The molecule has 0 radical (unpaired) electrons. The Bertz CT molecular complexity index is 1840. The molecule has 1 saturated heterocycles. The molecule has 10 nitrogen and oxygen atoms in total. The molecule has 1 fully saturated rings. The van der Waals surface area contributed by atoms with Crippen molar-refractivity contribution in [3.63, 3.8) is 0 Å². The van der Waals surface area contributed by atoms with E-state index < -0.39 is 0 Å². The van der Waals surface area contributed by atoms with E-state index in [1.807, 2.05) is 12.1 Å². The first-order valence-corrected chi connectivity index (χ1v) is 15.8. The largest absolute Gasteiger partial charge is 0.485 e. The maximum atomic E-state index is 12.7. The van der Waals surface area contributed by atoms with Crippen LogP contribution in [0, 0.1) is 11.3 Å². The smallest absolute Gasteiger partial charge is 0.409 e. The van der Waals surface area contributed by atoms with Crippen molar-refractivity contribution in [1.82, 2.24) is 9.88 Å². The van der Waals surface area contributed by atoms with Crippen LogP contribution in [-0.4, -0.2) is 62.5 Å². The number of aromatic nitrogens is 1. The number of carbonyl (C=O) groups is 2. The second kappa shape index (κ2) is 13.7. The Morgan fingerprint density at radius 2 is 1.81 bits per heavy atom. The molecular formula is C37H38N4O6. The molecule has 47 heavy (non-hydrogen) atoms. The van der Waals surface area contributed by atoms with Crippen LogP contribution < -0.4 is 10.5 Å². The minimum Gasteiger partial charge on any atom is -0.485 e. The van der Waals surface area contributed by atoms with Gasteiger partial charge in [0.05, 0.1) is 31.8 Å². The van der Waals surface area contributed by atoms with E-state index in [1.165, 1.54) is 12.7 Å². The number of nitrogens with two attached hydrogens (primary N) is 1. The summed E-state index contributed by atoms with van der Waals surface area (Å²) >= 11 is 0. The normalized spacial score (nSPS) is 16.4. The van der Waals surface area contributed by atoms with Crippen molar-refractivity contribution in [3.8, 4) is 22.9 Å². The number of benzene rings is 3. The number of nitrogen functional groups attached to an aromatic ring is 1. The molecule has 1 aliphatic heterocycles. The predicted molar refractivity (Wildman–Crippen MR) is 177 cm³/mol. The number of carbonyl (C=O) groups excluding carboxylic acids is 2. The number of ether oxygens (including phenoxy) is 4. The number of hydrogen-bond donors (Lipinski definition) is 1. The van der Waals surface area contributed by atoms with E-state index in [2.05, 4.69) is 41.4 Å². The maximum Gasteiger partial charge on any atom is 0.409 e. The molecule has 10 heteroatoms. The topological polar surface area (TPSA) is 137 Å². The van der Waals surface area contributed by atoms with Crippen molar-refractivity contribution in [2.75, 3.05) is 46.3 Å². The molecular weight excluding hydrogens is 596 g/mol. The van der Waals surface area contributed by atoms with Gasteiger partial charge in [-0.3, -0.25) is 4.79 Å². The summed E-state index contributed by atoms with van der Waals surface area (Å²) in [5, 5.41) is 11.6. The van der Waals surface area contributed by atoms with E-state index in [9.17, 15) is 14.9 Å². The van der Waals surface area contributed by atoms with Crippen molar-refractivity contribution < 1.29 is 28.5 Å². The maximum absolute atomic E-state index is 12.7. The molecule has 242 valence electrons. The molecule has 0 saturated carbocycles. The number of anilines is 1. The Morgan fingerprint density at radius 1 is 1.02 bits per heavy atom. The van der Waals surface area contributed by atoms with E-state index in [4.69, 9.17) is 24.7 Å². The number of nitriles is 1. The van der Waals surface area contributed by atoms with Crippen LogP contribution >= 0.6 is 0 Å². The quantitative estimate of drug-likeness (QED) is 0.171. The minimum atomic E-state index is -0.374. The molecule has 1 atom stereocenters. The van der Waals surface area contributed by atoms with E-state index >= 15 is 0 Å². The van der Waals surface area contributed by atoms with Crippen molar-refractivity contribution in [2.45, 2.75) is 43.6 Å². The van der Waals surface area contributed by atoms with Crippen LogP contribution in [0.2, 0.25) is 0 Å². The third-order valence-electron chi connectivity index (χ3n) is 9.39. The van der Waals surface area contributed by atoms with Gasteiger partial charge in [-0.05, 0) is 77.2 Å². The van der Waals surface area contributed by atoms with Gasteiger partial charge in [-0.2, -0.15) is 5.26 Å². The first kappa shape index (κ1) is 31.8. The average molecular weight is 635 g/mol. The molecule has 2 N–H and O–H groups in total. The molecule has 4 aromatic rings. The number of piperidine rings is 1. The fourth-order valence-electron chi connectivity index (χ4n) is 6.89. The van der Waals surface area contributed by atoms with Gasteiger partial charge in [-0.1, -0.05) is 30.3 Å². The van der Waals surface area contributed by atoms with Gasteiger partial charge in [-0.15, -0.1) is 0 Å². The van der Waals surface area contributed by atoms with Crippen LogP contribution in [0.5, 0.6) is 5.75 Å². The Kier molecular flexibility index (Phi) is 9.27. The summed E-state index contributed by atoms with van der Waals surface area (Å²) in [5.41, 5.74) is 11.3. The zero-order chi connectivity index (χ0) is 33.0. The first-order chi connectivity index (χ1) is 22.8. The van der Waals surface area contributed by atoms with E-state index in [0.717, 1.165) is 40.3 Å². The van der Waals surface area contributed by atoms with Gasteiger partial charge in [0, 0.05) is 55.8 Å². The van der Waals surface area contributed by atoms with Gasteiger partial charge in [-0.25, -0.2) is 9.78 Å². The van der Waals surface area contributed by atoms with E-state index in [1.54, 1.807) is 36.4 Å². The molecule has 1 aliphatic carbocycles. The molecule has 1 amide bonds. The summed E-state index contributed by atoms with van der Waals surface area (Å²) in [5.74, 6) is 0.583. The first-order valence-electron chi connectivity index (χ1n) is 15.8. The molecule has 3 aromatic carbocycles. The molecule has 2 aliphatic rings. The molecule has 6 rings (SSSR count). The molecule has 0 bridgehead atoms. The van der Waals surface area contributed by atoms with Crippen LogP contribution in [-0.2, 0) is 30.8 Å². The standard InChI is InChI=1S/C37H38N4O6/c1-44-16-3-17-46-34(42)21-28-5-4-24(23-38)18-32(28)47-33-22-37(11-14-41(15-12-37)36(43)45-2)31-9-8-27(20-30(31)33)26-7-6-25-10-13-40-35(39)29(25)19-26/h4-10,13,18-20,33H,3,11-12,14-17,21-22H2,1-2H3,(H2,39,40). The van der Waals surface area contributed by atoms with Gasteiger partial charge in [0.25, 0.3) is 0 Å². The van der Waals surface area contributed by atoms with E-state index in [-0.39, 0.29) is 36.6 Å². The van der Waals surface area contributed by atoms with Gasteiger partial charge in [0.1, 0.15) is 17.7 Å². The van der Waals surface area contributed by atoms with Crippen LogP contribution in [0.3, 0.4) is 0 Å². The number of amides is 1. The lowest BCUT2D eigenvalue weighted by Gasteiger charge is -2.39. The second-order valence-electron chi connectivity index (χ2n) is 12.2. The number of likely N-dealkylation sites (tertiary alicyclic amines) is 1. The summed E-state index contributed by atoms with van der Waals surface area (Å²) in [4.78, 5) is 31.1. The zero-order valence-electron chi connectivity index (χ0n) is 26.7. The molecule has 1 unspecified atom stereocenters. The molecule has 1 aromatic heterocycles. The third kappa shape index (κ3) is 6.58. The summed E-state index contributed by atoms with van der Waals surface area (Å²) in [6.07, 6.45) is 3.85. The van der Waals surface area contributed by atoms with Gasteiger partial charge < -0.3 is 29.6 Å². The van der Waals surface area contributed by atoms with Crippen LogP contribution in [0.25, 0.3) is 21.9 Å². The fourth-order valence-corrected chi connectivity index (χ4v) is 6.89. The van der Waals surface area contributed by atoms with Crippen LogP contribution in [0.4, 0.5) is 10.6 Å². The number of esters is 1. The van der Waals surface area contributed by atoms with E-state index in [0.29, 0.717) is 55.2 Å². The highest BCUT2D eigenvalue weighted by atomic mass is 16.5. The SMILES string of the molecule is COCCCOC(=O)Cc1ccc(C#N)cc1OC1CC2(CCN(C(=O)OC)CC2)c2ccc(-c3ccc4ccnc(N)c4c3)cc21. The number of rotatable bonds is 9. The minimum absolute atomic E-state index is 0.0133. The highest BCUT2D eigenvalue weighted by Crippen LogP contribution is 2.53. The number of hydrogen-bond acceptors (Lipinski definition) is 9. The Balaban J connectivity index is 1.35.